The molecule has 1 saturated heterocycles. The number of anilines is 2. The number of aromatic carboxylic acids is 1. The molecule has 9 heteroatoms. The minimum Gasteiger partial charge on any atom is -0.477 e. The molecule has 134 valence electrons. The van der Waals surface area contributed by atoms with Crippen molar-refractivity contribution in [3.63, 3.8) is 0 Å². The lowest BCUT2D eigenvalue weighted by Gasteiger charge is -2.36. The first kappa shape index (κ1) is 16.5. The molecule has 2 aromatic heterocycles. The Morgan fingerprint density at radius 3 is 2.58 bits per heavy atom. The van der Waals surface area contributed by atoms with Crippen molar-refractivity contribution < 1.29 is 14.4 Å². The molecule has 1 fully saturated rings. The standard InChI is InChI=1S/C17H15FN4O3S/c18-22-10-13(16(24)25)15(23)12-2-1-11(9-14(12)22)20-4-6-21(7-5-20)17-19-3-8-26-17/h1-3,8-10H,4-7H2,(H,24,25). The molecule has 0 spiro atoms. The molecule has 0 radical (unpaired) electrons. The summed E-state index contributed by atoms with van der Waals surface area (Å²) in [6.07, 6.45) is 2.50. The van der Waals surface area contributed by atoms with Crippen molar-refractivity contribution in [2.45, 2.75) is 0 Å². The maximum absolute atomic E-state index is 14.3. The topological polar surface area (TPSA) is 78.7 Å². The Hall–Kier alpha value is -2.94. The lowest BCUT2D eigenvalue weighted by molar-refractivity contribution is 0.0693. The highest BCUT2D eigenvalue weighted by molar-refractivity contribution is 7.13. The van der Waals surface area contributed by atoms with Gasteiger partial charge in [0.2, 0.25) is 5.43 Å². The molecular weight excluding hydrogens is 359 g/mol. The second-order valence-corrected chi connectivity index (χ2v) is 6.85. The van der Waals surface area contributed by atoms with E-state index < -0.39 is 17.0 Å². The summed E-state index contributed by atoms with van der Waals surface area (Å²) in [6, 6.07) is 4.80. The Kier molecular flexibility index (Phi) is 4.08. The average molecular weight is 374 g/mol. The van der Waals surface area contributed by atoms with E-state index >= 15 is 0 Å². The molecule has 0 aliphatic carbocycles. The Morgan fingerprint density at radius 1 is 1.19 bits per heavy atom. The number of hydrogen-bond donors (Lipinski definition) is 1. The van der Waals surface area contributed by atoms with Gasteiger partial charge in [-0.2, -0.15) is 4.79 Å². The molecule has 0 amide bonds. The number of hydrogen-bond acceptors (Lipinski definition) is 6. The maximum atomic E-state index is 14.3. The molecule has 7 nitrogen and oxygen atoms in total. The molecule has 1 aliphatic rings. The van der Waals surface area contributed by atoms with Gasteiger partial charge in [0.15, 0.2) is 5.13 Å². The van der Waals surface area contributed by atoms with Crippen LogP contribution in [0.25, 0.3) is 10.9 Å². The Balaban J connectivity index is 1.62. The van der Waals surface area contributed by atoms with Crippen LogP contribution in [0.5, 0.6) is 0 Å². The van der Waals surface area contributed by atoms with Crippen LogP contribution in [0.1, 0.15) is 10.4 Å². The highest BCUT2D eigenvalue weighted by Crippen LogP contribution is 2.25. The number of rotatable bonds is 3. The second kappa shape index (κ2) is 6.41. The van der Waals surface area contributed by atoms with Gasteiger partial charge < -0.3 is 14.9 Å². The van der Waals surface area contributed by atoms with Crippen molar-refractivity contribution >= 4 is 39.0 Å². The lowest BCUT2D eigenvalue weighted by atomic mass is 10.1. The number of fused-ring (bicyclic) bond motifs is 1. The molecule has 3 heterocycles. The van der Waals surface area contributed by atoms with E-state index in [0.717, 1.165) is 43.2 Å². The summed E-state index contributed by atoms with van der Waals surface area (Å²) in [6.45, 7) is 3.08. The van der Waals surface area contributed by atoms with Crippen molar-refractivity contribution in [1.82, 2.24) is 9.77 Å². The monoisotopic (exact) mass is 374 g/mol. The van der Waals surface area contributed by atoms with Gasteiger partial charge in [-0.25, -0.2) is 9.78 Å². The molecule has 1 aliphatic heterocycles. The average Bonchev–Trinajstić information content (AvgIpc) is 3.19. The zero-order valence-electron chi connectivity index (χ0n) is 13.6. The summed E-state index contributed by atoms with van der Waals surface area (Å²) in [5.41, 5.74) is -0.392. The number of pyridine rings is 1. The summed E-state index contributed by atoms with van der Waals surface area (Å²) < 4.78 is 14.3. The predicted molar refractivity (Wildman–Crippen MR) is 98.2 cm³/mol. The van der Waals surface area contributed by atoms with Gasteiger partial charge in [0.1, 0.15) is 5.56 Å². The van der Waals surface area contributed by atoms with Gasteiger partial charge in [0.05, 0.1) is 11.7 Å². The minimum atomic E-state index is -1.44. The fourth-order valence-corrected chi connectivity index (χ4v) is 3.85. The van der Waals surface area contributed by atoms with E-state index in [-0.39, 0.29) is 15.7 Å². The van der Waals surface area contributed by atoms with Crippen LogP contribution in [0.3, 0.4) is 0 Å². The van der Waals surface area contributed by atoms with Gasteiger partial charge in [-0.1, -0.05) is 4.48 Å². The second-order valence-electron chi connectivity index (χ2n) is 5.98. The highest BCUT2D eigenvalue weighted by atomic mass is 32.1. The minimum absolute atomic E-state index is 0.0533. The van der Waals surface area contributed by atoms with Crippen LogP contribution in [0.4, 0.5) is 15.3 Å². The molecular formula is C17H15FN4O3S. The number of piperazine rings is 1. The zero-order valence-corrected chi connectivity index (χ0v) is 14.4. The number of thiazole rings is 1. The number of carbonyl (C=O) groups is 1. The molecule has 0 saturated carbocycles. The van der Waals surface area contributed by atoms with Crippen LogP contribution in [0.15, 0.2) is 40.8 Å². The van der Waals surface area contributed by atoms with Crippen molar-refractivity contribution in [1.29, 1.82) is 0 Å². The van der Waals surface area contributed by atoms with Crippen LogP contribution in [-0.4, -0.2) is 47.0 Å². The molecule has 0 atom stereocenters. The van der Waals surface area contributed by atoms with Crippen LogP contribution in [0, 0.1) is 0 Å². The van der Waals surface area contributed by atoms with Crippen LogP contribution < -0.4 is 15.2 Å². The number of halogens is 1. The first-order chi connectivity index (χ1) is 12.5. The summed E-state index contributed by atoms with van der Waals surface area (Å²) in [5, 5.41) is 12.0. The molecule has 1 N–H and O–H groups in total. The third-order valence-electron chi connectivity index (χ3n) is 4.51. The number of benzene rings is 1. The van der Waals surface area contributed by atoms with E-state index in [0.29, 0.717) is 0 Å². The smallest absolute Gasteiger partial charge is 0.341 e. The Bertz CT molecular complexity index is 1030. The largest absolute Gasteiger partial charge is 0.477 e. The van der Waals surface area contributed by atoms with Crippen LogP contribution >= 0.6 is 11.3 Å². The molecule has 26 heavy (non-hydrogen) atoms. The maximum Gasteiger partial charge on any atom is 0.341 e. The van der Waals surface area contributed by atoms with Gasteiger partial charge in [-0.05, 0) is 18.2 Å². The van der Waals surface area contributed by atoms with Crippen molar-refractivity contribution in [3.8, 4) is 0 Å². The normalized spacial score (nSPS) is 14.8. The summed E-state index contributed by atoms with van der Waals surface area (Å²) >= 11 is 1.60. The molecule has 0 bridgehead atoms. The van der Waals surface area contributed by atoms with E-state index in [1.807, 2.05) is 5.38 Å². The summed E-state index contributed by atoms with van der Waals surface area (Å²) in [4.78, 5) is 32.1. The van der Waals surface area contributed by atoms with E-state index in [1.54, 1.807) is 29.7 Å². The Labute approximate surface area is 151 Å². The van der Waals surface area contributed by atoms with E-state index in [9.17, 15) is 14.1 Å². The molecule has 4 rings (SSSR count). The lowest BCUT2D eigenvalue weighted by Crippen LogP contribution is -2.46. The first-order valence-electron chi connectivity index (χ1n) is 8.03. The van der Waals surface area contributed by atoms with Gasteiger partial charge in [0.25, 0.3) is 0 Å². The van der Waals surface area contributed by atoms with E-state index in [1.165, 1.54) is 6.07 Å². The number of aromatic nitrogens is 2. The number of nitrogens with zero attached hydrogens (tertiary/aromatic N) is 4. The molecule has 0 unspecified atom stereocenters. The van der Waals surface area contributed by atoms with Crippen LogP contribution in [-0.2, 0) is 0 Å². The SMILES string of the molecule is O=C(O)c1cn(F)c2cc(N3CCN(c4nccs4)CC3)ccc2c1=O. The van der Waals surface area contributed by atoms with Gasteiger partial charge >= 0.3 is 5.97 Å². The zero-order chi connectivity index (χ0) is 18.3. The van der Waals surface area contributed by atoms with Crippen molar-refractivity contribution in [2.75, 3.05) is 36.0 Å². The van der Waals surface area contributed by atoms with Crippen molar-refractivity contribution in [2.24, 2.45) is 0 Å². The third-order valence-corrected chi connectivity index (χ3v) is 5.34. The summed E-state index contributed by atoms with van der Waals surface area (Å²) in [7, 11) is 0. The van der Waals surface area contributed by atoms with Crippen molar-refractivity contribution in [3.05, 3.63) is 51.8 Å². The van der Waals surface area contributed by atoms with Crippen LogP contribution in [0.2, 0.25) is 0 Å². The quantitative estimate of drug-likeness (QED) is 0.757. The van der Waals surface area contributed by atoms with Gasteiger partial charge in [-0.3, -0.25) is 4.79 Å². The Morgan fingerprint density at radius 2 is 1.92 bits per heavy atom. The van der Waals surface area contributed by atoms with Gasteiger partial charge in [0, 0.05) is 48.8 Å². The van der Waals surface area contributed by atoms with E-state index in [4.69, 9.17) is 5.11 Å². The molecule has 3 aromatic rings. The third kappa shape index (κ3) is 2.80. The fraction of sp³-hybridized carbons (Fsp3) is 0.235. The molecule has 1 aromatic carbocycles. The number of carboxylic acid groups (broad SMARTS) is 1. The fourth-order valence-electron chi connectivity index (χ4n) is 3.15. The highest BCUT2D eigenvalue weighted by Gasteiger charge is 2.20. The number of carboxylic acids is 1. The predicted octanol–water partition coefficient (Wildman–Crippen LogP) is 2.22. The van der Waals surface area contributed by atoms with E-state index in [2.05, 4.69) is 14.8 Å². The van der Waals surface area contributed by atoms with Gasteiger partial charge in [-0.15, -0.1) is 11.3 Å². The summed E-state index contributed by atoms with van der Waals surface area (Å²) in [5.74, 6) is -1.44. The first-order valence-corrected chi connectivity index (χ1v) is 8.91.